The van der Waals surface area contributed by atoms with Crippen molar-refractivity contribution in [3.8, 4) is 28.5 Å². The summed E-state index contributed by atoms with van der Waals surface area (Å²) >= 11 is 6.07. The number of hydrogen-bond acceptors (Lipinski definition) is 5. The molecular formula is C22H19ClN4O2. The van der Waals surface area contributed by atoms with Gasteiger partial charge in [-0.05, 0) is 36.1 Å². The van der Waals surface area contributed by atoms with Gasteiger partial charge < -0.3 is 5.73 Å². The zero-order valence-corrected chi connectivity index (χ0v) is 16.8. The highest BCUT2D eigenvalue weighted by Gasteiger charge is 2.21. The Hall–Kier alpha value is -3.43. The van der Waals surface area contributed by atoms with E-state index in [1.807, 2.05) is 30.3 Å². The number of benzene rings is 2. The number of nitrogens with zero attached hydrogens (tertiary/aromatic N) is 3. The molecule has 2 N–H and O–H groups in total. The van der Waals surface area contributed by atoms with E-state index >= 15 is 0 Å². The number of nitriles is 1. The number of nitrogen functional groups attached to an aromatic ring is 1. The summed E-state index contributed by atoms with van der Waals surface area (Å²) in [5.41, 5.74) is 9.05. The zero-order chi connectivity index (χ0) is 21.1. The summed E-state index contributed by atoms with van der Waals surface area (Å²) in [6.45, 7) is 4.31. The van der Waals surface area contributed by atoms with Gasteiger partial charge in [-0.15, -0.1) is 0 Å². The summed E-state index contributed by atoms with van der Waals surface area (Å²) in [5.74, 6) is 0.556. The van der Waals surface area contributed by atoms with E-state index in [4.69, 9.17) is 17.3 Å². The average Bonchev–Trinajstić information content (AvgIpc) is 2.67. The van der Waals surface area contributed by atoms with Gasteiger partial charge in [0, 0.05) is 22.2 Å². The van der Waals surface area contributed by atoms with E-state index in [1.165, 1.54) is 23.8 Å². The molecule has 0 spiro atoms. The van der Waals surface area contributed by atoms with Crippen molar-refractivity contribution in [1.82, 2.24) is 4.98 Å². The number of pyridine rings is 1. The number of aromatic nitrogens is 1. The number of hydrogen-bond donors (Lipinski definition) is 1. The molecule has 0 bridgehead atoms. The second-order valence-corrected chi connectivity index (χ2v) is 7.58. The average molecular weight is 407 g/mol. The third kappa shape index (κ3) is 4.36. The molecule has 0 radical (unpaired) electrons. The Morgan fingerprint density at radius 3 is 2.45 bits per heavy atom. The molecule has 0 aliphatic heterocycles. The maximum Gasteiger partial charge on any atom is 0.277 e. The lowest BCUT2D eigenvalue weighted by Crippen LogP contribution is -2.01. The minimum absolute atomic E-state index is 0.0144. The van der Waals surface area contributed by atoms with Gasteiger partial charge in [0.05, 0.1) is 16.2 Å². The first kappa shape index (κ1) is 20.3. The van der Waals surface area contributed by atoms with Crippen LogP contribution < -0.4 is 5.73 Å². The van der Waals surface area contributed by atoms with Crippen LogP contribution in [-0.4, -0.2) is 9.91 Å². The van der Waals surface area contributed by atoms with Crippen molar-refractivity contribution >= 4 is 23.1 Å². The third-order valence-electron chi connectivity index (χ3n) is 4.50. The van der Waals surface area contributed by atoms with E-state index in [2.05, 4.69) is 18.8 Å². The van der Waals surface area contributed by atoms with Gasteiger partial charge in [0.2, 0.25) is 0 Å². The molecule has 0 amide bonds. The van der Waals surface area contributed by atoms with Gasteiger partial charge in [-0.3, -0.25) is 10.1 Å². The standard InChI is InChI=1S/C22H19ClN4O2/c1-13(2)9-14-3-5-15(6-4-14)20-11-17(19(12-24)22(25)26-20)18-10-16(23)7-8-21(18)27(28)29/h3-8,10-11,13H,9H2,1-2H3,(H2,25,26). The molecule has 0 saturated carbocycles. The zero-order valence-electron chi connectivity index (χ0n) is 16.0. The topological polar surface area (TPSA) is 106 Å². The largest absolute Gasteiger partial charge is 0.383 e. The molecular weight excluding hydrogens is 388 g/mol. The second kappa shape index (κ2) is 8.29. The fraction of sp³-hybridized carbons (Fsp3) is 0.182. The van der Waals surface area contributed by atoms with E-state index < -0.39 is 4.92 Å². The van der Waals surface area contributed by atoms with Gasteiger partial charge in [-0.2, -0.15) is 5.26 Å². The normalized spacial score (nSPS) is 10.7. The van der Waals surface area contributed by atoms with Gasteiger partial charge in [-0.1, -0.05) is 49.7 Å². The Labute approximate surface area is 173 Å². The van der Waals surface area contributed by atoms with E-state index in [1.54, 1.807) is 6.07 Å². The summed E-state index contributed by atoms with van der Waals surface area (Å²) in [6, 6.07) is 15.8. The minimum Gasteiger partial charge on any atom is -0.383 e. The summed E-state index contributed by atoms with van der Waals surface area (Å²) in [6.07, 6.45) is 0.961. The van der Waals surface area contributed by atoms with Gasteiger partial charge in [0.25, 0.3) is 5.69 Å². The first-order chi connectivity index (χ1) is 13.8. The lowest BCUT2D eigenvalue weighted by molar-refractivity contribution is -0.384. The van der Waals surface area contributed by atoms with E-state index in [0.29, 0.717) is 22.2 Å². The van der Waals surface area contributed by atoms with Crippen LogP contribution in [0.25, 0.3) is 22.4 Å². The minimum atomic E-state index is -0.510. The van der Waals surface area contributed by atoms with Crippen LogP contribution in [0.1, 0.15) is 25.0 Å². The van der Waals surface area contributed by atoms with Crippen LogP contribution in [0.4, 0.5) is 11.5 Å². The van der Waals surface area contributed by atoms with Crippen LogP contribution in [0.2, 0.25) is 5.02 Å². The van der Waals surface area contributed by atoms with E-state index in [-0.39, 0.29) is 22.6 Å². The van der Waals surface area contributed by atoms with Crippen LogP contribution in [0.15, 0.2) is 48.5 Å². The van der Waals surface area contributed by atoms with Gasteiger partial charge in [-0.25, -0.2) is 4.98 Å². The first-order valence-electron chi connectivity index (χ1n) is 9.04. The molecule has 0 fully saturated rings. The van der Waals surface area contributed by atoms with E-state index in [9.17, 15) is 15.4 Å². The van der Waals surface area contributed by atoms with Crippen LogP contribution >= 0.6 is 11.6 Å². The first-order valence-corrected chi connectivity index (χ1v) is 9.42. The molecule has 0 aliphatic rings. The molecule has 7 heteroatoms. The Morgan fingerprint density at radius 2 is 1.86 bits per heavy atom. The Balaban J connectivity index is 2.18. The van der Waals surface area contributed by atoms with Crippen molar-refractivity contribution in [3.05, 3.63) is 74.8 Å². The summed E-state index contributed by atoms with van der Waals surface area (Å²) < 4.78 is 0. The maximum atomic E-state index is 11.5. The Kier molecular flexibility index (Phi) is 5.81. The summed E-state index contributed by atoms with van der Waals surface area (Å²) in [4.78, 5) is 15.3. The van der Waals surface area contributed by atoms with Crippen molar-refractivity contribution in [2.45, 2.75) is 20.3 Å². The smallest absolute Gasteiger partial charge is 0.277 e. The van der Waals surface area contributed by atoms with Crippen molar-refractivity contribution in [1.29, 1.82) is 5.26 Å². The monoisotopic (exact) mass is 406 g/mol. The molecule has 29 heavy (non-hydrogen) atoms. The fourth-order valence-corrected chi connectivity index (χ4v) is 3.38. The fourth-order valence-electron chi connectivity index (χ4n) is 3.21. The van der Waals surface area contributed by atoms with Crippen molar-refractivity contribution in [3.63, 3.8) is 0 Å². The highest BCUT2D eigenvalue weighted by molar-refractivity contribution is 6.31. The predicted octanol–water partition coefficient (Wildman–Crippen LogP) is 5.63. The van der Waals surface area contributed by atoms with Crippen molar-refractivity contribution in [2.24, 2.45) is 5.92 Å². The SMILES string of the molecule is CC(C)Cc1ccc(-c2cc(-c3cc(Cl)ccc3[N+](=O)[O-])c(C#N)c(N)n2)cc1. The molecule has 146 valence electrons. The number of rotatable bonds is 5. The molecule has 3 aromatic rings. The quantitative estimate of drug-likeness (QED) is 0.436. The number of nitrogens with two attached hydrogens (primary N) is 1. The van der Waals surface area contributed by atoms with Crippen LogP contribution in [0.3, 0.4) is 0 Å². The number of halogens is 1. The lowest BCUT2D eigenvalue weighted by atomic mass is 9.96. The van der Waals surface area contributed by atoms with Crippen LogP contribution in [0.5, 0.6) is 0 Å². The second-order valence-electron chi connectivity index (χ2n) is 7.14. The molecule has 1 heterocycles. The molecule has 0 atom stereocenters. The van der Waals surface area contributed by atoms with Crippen molar-refractivity contribution < 1.29 is 4.92 Å². The van der Waals surface area contributed by atoms with Gasteiger partial charge in [0.1, 0.15) is 17.5 Å². The highest BCUT2D eigenvalue weighted by atomic mass is 35.5. The van der Waals surface area contributed by atoms with E-state index in [0.717, 1.165) is 12.0 Å². The Morgan fingerprint density at radius 1 is 1.17 bits per heavy atom. The van der Waals surface area contributed by atoms with Gasteiger partial charge >= 0.3 is 0 Å². The number of nitro groups is 1. The van der Waals surface area contributed by atoms with Crippen LogP contribution in [0, 0.1) is 27.4 Å². The third-order valence-corrected chi connectivity index (χ3v) is 4.73. The molecule has 3 rings (SSSR count). The molecule has 0 saturated heterocycles. The van der Waals surface area contributed by atoms with Crippen molar-refractivity contribution in [2.75, 3.05) is 5.73 Å². The summed E-state index contributed by atoms with van der Waals surface area (Å²) in [5, 5.41) is 21.4. The molecule has 2 aromatic carbocycles. The highest BCUT2D eigenvalue weighted by Crippen LogP contribution is 2.37. The molecule has 6 nitrogen and oxygen atoms in total. The maximum absolute atomic E-state index is 11.5. The lowest BCUT2D eigenvalue weighted by Gasteiger charge is -2.12. The van der Waals surface area contributed by atoms with Gasteiger partial charge in [0.15, 0.2) is 0 Å². The number of anilines is 1. The molecule has 0 aliphatic carbocycles. The Bertz CT molecular complexity index is 1120. The summed E-state index contributed by atoms with van der Waals surface area (Å²) in [7, 11) is 0. The van der Waals surface area contributed by atoms with Crippen LogP contribution in [-0.2, 0) is 6.42 Å². The molecule has 1 aromatic heterocycles. The predicted molar refractivity (Wildman–Crippen MR) is 114 cm³/mol. The molecule has 0 unspecified atom stereocenters. The number of nitro benzene ring substituents is 1.